The summed E-state index contributed by atoms with van der Waals surface area (Å²) in [7, 11) is 0. The summed E-state index contributed by atoms with van der Waals surface area (Å²) in [4.78, 5) is 0. The van der Waals surface area contributed by atoms with Gasteiger partial charge in [0.05, 0.1) is 0 Å². The van der Waals surface area contributed by atoms with E-state index in [-0.39, 0.29) is 5.41 Å². The molecule has 1 spiro atoms. The van der Waals surface area contributed by atoms with Crippen LogP contribution in [0.1, 0.15) is 12.8 Å². The van der Waals surface area contributed by atoms with Crippen LogP contribution < -0.4 is 5.32 Å². The predicted molar refractivity (Wildman–Crippen MR) is 107 cm³/mol. The minimum absolute atomic E-state index is 0.154. The van der Waals surface area contributed by atoms with Crippen molar-refractivity contribution in [2.75, 3.05) is 0 Å². The monoisotopic (exact) mass is 339 g/mol. The zero-order chi connectivity index (χ0) is 17.1. The Labute approximate surface area is 155 Å². The van der Waals surface area contributed by atoms with Crippen LogP contribution in [-0.2, 0) is 0 Å². The Kier molecular flexibility index (Phi) is 3.13. The third-order valence-corrected chi connectivity index (χ3v) is 7.46. The third kappa shape index (κ3) is 1.75. The fourth-order valence-corrected chi connectivity index (χ4v) is 6.67. The number of allylic oxidation sites excluding steroid dienone is 12. The van der Waals surface area contributed by atoms with Crippen LogP contribution in [0.5, 0.6) is 0 Å². The molecule has 26 heavy (non-hydrogen) atoms. The number of nitrogens with one attached hydrogen (secondary N) is 1. The van der Waals surface area contributed by atoms with Gasteiger partial charge in [-0.15, -0.1) is 0 Å². The number of piperidine rings is 1. The molecule has 6 aliphatic rings. The lowest BCUT2D eigenvalue weighted by Gasteiger charge is -2.57. The van der Waals surface area contributed by atoms with E-state index in [2.05, 4.69) is 90.4 Å². The predicted octanol–water partition coefficient (Wildman–Crippen LogP) is 4.82. The van der Waals surface area contributed by atoms with Crippen molar-refractivity contribution >= 4 is 0 Å². The van der Waals surface area contributed by atoms with Gasteiger partial charge in [-0.05, 0) is 29.9 Å². The highest BCUT2D eigenvalue weighted by Crippen LogP contribution is 2.67. The molecule has 6 rings (SSSR count). The van der Waals surface area contributed by atoms with Crippen LogP contribution >= 0.6 is 0 Å². The fourth-order valence-electron chi connectivity index (χ4n) is 6.67. The van der Waals surface area contributed by atoms with Crippen molar-refractivity contribution in [2.24, 2.45) is 29.1 Å². The van der Waals surface area contributed by atoms with E-state index < -0.39 is 0 Å². The molecule has 0 amide bonds. The highest BCUT2D eigenvalue weighted by Gasteiger charge is 2.64. The van der Waals surface area contributed by atoms with Crippen molar-refractivity contribution in [1.29, 1.82) is 0 Å². The molecule has 6 atom stereocenters. The second-order valence-electron chi connectivity index (χ2n) is 8.42. The molecular formula is C25H25N. The summed E-state index contributed by atoms with van der Waals surface area (Å²) in [6.07, 6.45) is 35.8. The Morgan fingerprint density at radius 1 is 0.654 bits per heavy atom. The Bertz CT molecular complexity index is 838. The van der Waals surface area contributed by atoms with Crippen molar-refractivity contribution in [3.05, 3.63) is 96.2 Å². The number of hydrogen-bond donors (Lipinski definition) is 1. The largest absolute Gasteiger partial charge is 0.303 e. The van der Waals surface area contributed by atoms with Crippen LogP contribution in [0.2, 0.25) is 0 Å². The summed E-state index contributed by atoms with van der Waals surface area (Å²) < 4.78 is 0. The van der Waals surface area contributed by atoms with Gasteiger partial charge in [0.2, 0.25) is 0 Å². The number of rotatable bonds is 0. The minimum Gasteiger partial charge on any atom is -0.303 e. The highest BCUT2D eigenvalue weighted by atomic mass is 15.0. The summed E-state index contributed by atoms with van der Waals surface area (Å²) in [6, 6.07) is 0.832. The zero-order valence-electron chi connectivity index (χ0n) is 15.0. The molecule has 0 bridgehead atoms. The molecule has 6 unspecified atom stereocenters. The van der Waals surface area contributed by atoms with E-state index in [1.807, 2.05) is 0 Å². The van der Waals surface area contributed by atoms with E-state index >= 15 is 0 Å². The SMILES string of the molecule is C1=CC2NC3C=CC=CC3C3(C4=CCCC=C4C4C=CC=CC43)C2C=C1. The molecule has 0 aromatic heterocycles. The first-order chi connectivity index (χ1) is 12.9. The summed E-state index contributed by atoms with van der Waals surface area (Å²) in [5, 5.41) is 3.93. The van der Waals surface area contributed by atoms with E-state index in [9.17, 15) is 0 Å². The second kappa shape index (κ2) is 5.44. The smallest absolute Gasteiger partial charge is 0.0330 e. The molecule has 2 fully saturated rings. The summed E-state index contributed by atoms with van der Waals surface area (Å²) in [6.45, 7) is 0. The Morgan fingerprint density at radius 2 is 1.23 bits per heavy atom. The lowest BCUT2D eigenvalue weighted by Crippen LogP contribution is -2.62. The summed E-state index contributed by atoms with van der Waals surface area (Å²) >= 11 is 0. The van der Waals surface area contributed by atoms with Gasteiger partial charge >= 0.3 is 0 Å². The van der Waals surface area contributed by atoms with Crippen LogP contribution in [0.3, 0.4) is 0 Å². The molecule has 130 valence electrons. The molecule has 5 aliphatic carbocycles. The molecule has 1 saturated heterocycles. The number of hydrogen-bond acceptors (Lipinski definition) is 1. The van der Waals surface area contributed by atoms with E-state index in [1.165, 1.54) is 12.8 Å². The molecule has 1 N–H and O–H groups in total. The first-order valence-electron chi connectivity index (χ1n) is 10.1. The average Bonchev–Trinajstić information content (AvgIpc) is 3.00. The van der Waals surface area contributed by atoms with Crippen LogP contribution in [-0.4, -0.2) is 12.1 Å². The molecular weight excluding hydrogens is 314 g/mol. The van der Waals surface area contributed by atoms with E-state index in [0.29, 0.717) is 35.8 Å². The normalized spacial score (nSPS) is 46.5. The first-order valence-corrected chi connectivity index (χ1v) is 10.1. The van der Waals surface area contributed by atoms with Crippen molar-refractivity contribution < 1.29 is 0 Å². The Balaban J connectivity index is 1.63. The van der Waals surface area contributed by atoms with Gasteiger partial charge in [0.1, 0.15) is 0 Å². The maximum Gasteiger partial charge on any atom is 0.0330 e. The van der Waals surface area contributed by atoms with Crippen molar-refractivity contribution in [2.45, 2.75) is 24.9 Å². The third-order valence-electron chi connectivity index (χ3n) is 7.46. The van der Waals surface area contributed by atoms with E-state index in [1.54, 1.807) is 11.1 Å². The van der Waals surface area contributed by atoms with Crippen LogP contribution in [0.25, 0.3) is 0 Å². The molecule has 1 saturated carbocycles. The average molecular weight is 339 g/mol. The van der Waals surface area contributed by atoms with Gasteiger partial charge < -0.3 is 5.32 Å². The highest BCUT2D eigenvalue weighted by molar-refractivity contribution is 5.56. The molecule has 1 heteroatoms. The van der Waals surface area contributed by atoms with Gasteiger partial charge in [-0.25, -0.2) is 0 Å². The van der Waals surface area contributed by atoms with Gasteiger partial charge in [-0.2, -0.15) is 0 Å². The Hall–Kier alpha value is -2.12. The van der Waals surface area contributed by atoms with Crippen molar-refractivity contribution in [1.82, 2.24) is 5.32 Å². The zero-order valence-corrected chi connectivity index (χ0v) is 15.0. The summed E-state index contributed by atoms with van der Waals surface area (Å²) in [5.41, 5.74) is 3.43. The van der Waals surface area contributed by atoms with Gasteiger partial charge in [-0.3, -0.25) is 0 Å². The summed E-state index contributed by atoms with van der Waals surface area (Å²) in [5.74, 6) is 2.11. The number of fused-ring (bicyclic) bond motifs is 9. The fraction of sp³-hybridized carbons (Fsp3) is 0.360. The quantitative estimate of drug-likeness (QED) is 0.667. The second-order valence-corrected chi connectivity index (χ2v) is 8.42. The van der Waals surface area contributed by atoms with Gasteiger partial charge in [0, 0.05) is 35.3 Å². The Morgan fingerprint density at radius 3 is 1.96 bits per heavy atom. The standard InChI is InChI=1S/C25H25N/c1-3-11-19-17(9-1)18-10-2-4-12-20(18)25(19)21-13-5-7-15-23(21)26-24-16-8-6-14-22(24)25/h1,3,5-17,19,21-24,26H,2,4H2. The van der Waals surface area contributed by atoms with E-state index in [0.717, 1.165) is 0 Å². The van der Waals surface area contributed by atoms with Crippen molar-refractivity contribution in [3.63, 3.8) is 0 Å². The topological polar surface area (TPSA) is 12.0 Å². The van der Waals surface area contributed by atoms with Crippen LogP contribution in [0.15, 0.2) is 96.2 Å². The maximum absolute atomic E-state index is 3.93. The van der Waals surface area contributed by atoms with Crippen molar-refractivity contribution in [3.8, 4) is 0 Å². The molecule has 1 nitrogen and oxygen atoms in total. The molecule has 1 aliphatic heterocycles. The minimum atomic E-state index is 0.154. The molecule has 0 radical (unpaired) electrons. The van der Waals surface area contributed by atoms with Gasteiger partial charge in [-0.1, -0.05) is 85.1 Å². The molecule has 0 aromatic rings. The van der Waals surface area contributed by atoms with Crippen LogP contribution in [0, 0.1) is 29.1 Å². The van der Waals surface area contributed by atoms with Crippen LogP contribution in [0.4, 0.5) is 0 Å². The maximum atomic E-state index is 3.93. The molecule has 1 heterocycles. The van der Waals surface area contributed by atoms with Gasteiger partial charge in [0.25, 0.3) is 0 Å². The molecule has 0 aromatic carbocycles. The lowest BCUT2D eigenvalue weighted by molar-refractivity contribution is 0.0520. The van der Waals surface area contributed by atoms with E-state index in [4.69, 9.17) is 0 Å². The first kappa shape index (κ1) is 15.0. The van der Waals surface area contributed by atoms with Gasteiger partial charge in [0.15, 0.2) is 0 Å². The lowest BCUT2D eigenvalue weighted by atomic mass is 9.51.